The molecule has 2 aromatic rings. The average Bonchev–Trinajstić information content (AvgIpc) is 2.56. The molecule has 2 aromatic carbocycles. The molecule has 0 bridgehead atoms. The van der Waals surface area contributed by atoms with Crippen LogP contribution in [0.25, 0.3) is 11.5 Å². The van der Waals surface area contributed by atoms with Gasteiger partial charge in [0.25, 0.3) is 0 Å². The molecule has 1 amide bonds. The minimum absolute atomic E-state index is 0.0363. The third-order valence-corrected chi connectivity index (χ3v) is 3.59. The molecule has 0 saturated carbocycles. The minimum atomic E-state index is -0.215. The number of methoxy groups -OCH3 is 1. The van der Waals surface area contributed by atoms with Crippen molar-refractivity contribution in [2.75, 3.05) is 13.9 Å². The van der Waals surface area contributed by atoms with E-state index in [1.165, 1.54) is 14.0 Å². The van der Waals surface area contributed by atoms with Crippen LogP contribution in [0.5, 0.6) is 0 Å². The van der Waals surface area contributed by atoms with E-state index in [2.05, 4.69) is 5.32 Å². The van der Waals surface area contributed by atoms with Gasteiger partial charge in [0.05, 0.1) is 5.70 Å². The van der Waals surface area contributed by atoms with E-state index in [0.29, 0.717) is 21.5 Å². The smallest absolute Gasteiger partial charge is 0.221 e. The van der Waals surface area contributed by atoms with Gasteiger partial charge in [-0.2, -0.15) is 0 Å². The molecular weight excluding hydrogens is 349 g/mol. The Balaban J connectivity index is 2.59. The number of carbonyl (C=O) groups is 1. The summed E-state index contributed by atoms with van der Waals surface area (Å²) < 4.78 is 10.7. The van der Waals surface area contributed by atoms with Crippen molar-refractivity contribution in [1.82, 2.24) is 5.32 Å². The molecule has 1 N–H and O–H groups in total. The summed E-state index contributed by atoms with van der Waals surface area (Å²) in [5.74, 6) is 0.262. The van der Waals surface area contributed by atoms with Crippen molar-refractivity contribution < 1.29 is 14.3 Å². The van der Waals surface area contributed by atoms with Crippen LogP contribution in [0.4, 0.5) is 0 Å². The Bertz CT molecular complexity index is 725. The molecule has 6 heteroatoms. The molecule has 24 heavy (non-hydrogen) atoms. The van der Waals surface area contributed by atoms with Crippen LogP contribution in [0.2, 0.25) is 10.0 Å². The number of rotatable bonds is 6. The number of amides is 1. The molecule has 0 heterocycles. The number of halogens is 2. The standard InChI is InChI=1S/C18H17Cl2NO3/c1-12(22)21-17(13-3-7-15(19)8-4-13)18(24-11-23-2)14-5-9-16(20)10-6-14/h3-10H,11H2,1-2H3,(H,21,22)/b18-17-. The lowest BCUT2D eigenvalue weighted by atomic mass is 10.1. The third kappa shape index (κ3) is 4.99. The summed E-state index contributed by atoms with van der Waals surface area (Å²) in [5, 5.41) is 4.03. The summed E-state index contributed by atoms with van der Waals surface area (Å²) in [4.78, 5) is 11.7. The molecule has 0 aliphatic heterocycles. The Hall–Kier alpha value is -2.01. The average molecular weight is 366 g/mol. The molecule has 2 rings (SSSR count). The SMILES string of the molecule is COCO/C(=C(\NC(C)=O)c1ccc(Cl)cc1)c1ccc(Cl)cc1. The van der Waals surface area contributed by atoms with Gasteiger partial charge in [-0.25, -0.2) is 0 Å². The maximum Gasteiger partial charge on any atom is 0.221 e. The highest BCUT2D eigenvalue weighted by Gasteiger charge is 2.15. The van der Waals surface area contributed by atoms with E-state index in [0.717, 1.165) is 11.1 Å². The number of ether oxygens (including phenoxy) is 2. The third-order valence-electron chi connectivity index (χ3n) is 3.09. The second-order valence-corrected chi connectivity index (χ2v) is 5.82. The monoisotopic (exact) mass is 365 g/mol. The Morgan fingerprint density at radius 1 is 0.958 bits per heavy atom. The molecule has 0 saturated heterocycles. The summed E-state index contributed by atoms with van der Waals surface area (Å²) >= 11 is 11.9. The number of benzene rings is 2. The summed E-state index contributed by atoms with van der Waals surface area (Å²) in [7, 11) is 1.53. The van der Waals surface area contributed by atoms with Gasteiger partial charge < -0.3 is 14.8 Å². The fraction of sp³-hybridized carbons (Fsp3) is 0.167. The van der Waals surface area contributed by atoms with Crippen LogP contribution in [-0.2, 0) is 14.3 Å². The van der Waals surface area contributed by atoms with E-state index in [1.54, 1.807) is 36.4 Å². The number of nitrogens with one attached hydrogen (secondary N) is 1. The first-order chi connectivity index (χ1) is 11.5. The summed E-state index contributed by atoms with van der Waals surface area (Å²) in [6.07, 6.45) is 0. The van der Waals surface area contributed by atoms with Crippen molar-refractivity contribution in [2.24, 2.45) is 0 Å². The Kier molecular flexibility index (Phi) is 6.67. The van der Waals surface area contributed by atoms with Crippen molar-refractivity contribution in [3.8, 4) is 0 Å². The van der Waals surface area contributed by atoms with Crippen molar-refractivity contribution >= 4 is 40.6 Å². The van der Waals surface area contributed by atoms with Gasteiger partial charge in [-0.15, -0.1) is 0 Å². The van der Waals surface area contributed by atoms with Crippen LogP contribution >= 0.6 is 23.2 Å². The van der Waals surface area contributed by atoms with Gasteiger partial charge in [0, 0.05) is 35.2 Å². The number of carbonyl (C=O) groups excluding carboxylic acids is 1. The van der Waals surface area contributed by atoms with Crippen LogP contribution < -0.4 is 5.32 Å². The van der Waals surface area contributed by atoms with Gasteiger partial charge >= 0.3 is 0 Å². The summed E-state index contributed by atoms with van der Waals surface area (Å²) in [6.45, 7) is 1.47. The van der Waals surface area contributed by atoms with E-state index >= 15 is 0 Å². The fourth-order valence-electron chi connectivity index (χ4n) is 2.07. The summed E-state index contributed by atoms with van der Waals surface area (Å²) in [5.41, 5.74) is 2.05. The molecule has 0 aliphatic carbocycles. The Morgan fingerprint density at radius 2 is 1.46 bits per heavy atom. The topological polar surface area (TPSA) is 47.6 Å². The zero-order valence-corrected chi connectivity index (χ0v) is 14.8. The maximum atomic E-state index is 11.7. The zero-order valence-electron chi connectivity index (χ0n) is 13.3. The molecular formula is C18H17Cl2NO3. The quantitative estimate of drug-likeness (QED) is 0.463. The van der Waals surface area contributed by atoms with E-state index in [4.69, 9.17) is 32.7 Å². The highest BCUT2D eigenvalue weighted by Crippen LogP contribution is 2.27. The lowest BCUT2D eigenvalue weighted by Crippen LogP contribution is -2.20. The highest BCUT2D eigenvalue weighted by atomic mass is 35.5. The number of hydrogen-bond donors (Lipinski definition) is 1. The molecule has 0 aromatic heterocycles. The predicted octanol–water partition coefficient (Wildman–Crippen LogP) is 4.58. The van der Waals surface area contributed by atoms with Crippen molar-refractivity contribution in [1.29, 1.82) is 0 Å². The minimum Gasteiger partial charge on any atom is -0.465 e. The fourth-order valence-corrected chi connectivity index (χ4v) is 2.32. The van der Waals surface area contributed by atoms with Crippen molar-refractivity contribution in [3.63, 3.8) is 0 Å². The van der Waals surface area contributed by atoms with Crippen LogP contribution in [0.15, 0.2) is 48.5 Å². The Labute approximate surface area is 151 Å². The molecule has 0 aliphatic rings. The molecule has 126 valence electrons. The number of hydrogen-bond acceptors (Lipinski definition) is 3. The van der Waals surface area contributed by atoms with Gasteiger partial charge in [0.15, 0.2) is 12.6 Å². The first kappa shape index (κ1) is 18.3. The molecule has 0 unspecified atom stereocenters. The predicted molar refractivity (Wildman–Crippen MR) is 96.5 cm³/mol. The summed E-state index contributed by atoms with van der Waals surface area (Å²) in [6, 6.07) is 14.2. The normalized spacial score (nSPS) is 11.7. The van der Waals surface area contributed by atoms with E-state index < -0.39 is 0 Å². The van der Waals surface area contributed by atoms with E-state index in [1.807, 2.05) is 12.1 Å². The van der Waals surface area contributed by atoms with Gasteiger partial charge in [0.1, 0.15) is 0 Å². The largest absolute Gasteiger partial charge is 0.465 e. The molecule has 4 nitrogen and oxygen atoms in total. The molecule has 0 fully saturated rings. The van der Waals surface area contributed by atoms with Gasteiger partial charge in [-0.1, -0.05) is 35.3 Å². The second kappa shape index (κ2) is 8.73. The van der Waals surface area contributed by atoms with Crippen molar-refractivity contribution in [3.05, 3.63) is 69.7 Å². The van der Waals surface area contributed by atoms with Gasteiger partial charge in [0.2, 0.25) is 5.91 Å². The first-order valence-electron chi connectivity index (χ1n) is 7.16. The lowest BCUT2D eigenvalue weighted by molar-refractivity contribution is -0.117. The van der Waals surface area contributed by atoms with Gasteiger partial charge in [-0.05, 0) is 36.4 Å². The molecule has 0 atom stereocenters. The van der Waals surface area contributed by atoms with Crippen LogP contribution in [-0.4, -0.2) is 19.8 Å². The second-order valence-electron chi connectivity index (χ2n) is 4.95. The van der Waals surface area contributed by atoms with Gasteiger partial charge in [-0.3, -0.25) is 4.79 Å². The highest BCUT2D eigenvalue weighted by molar-refractivity contribution is 6.30. The Morgan fingerprint density at radius 3 is 1.92 bits per heavy atom. The first-order valence-corrected chi connectivity index (χ1v) is 7.92. The zero-order chi connectivity index (χ0) is 17.5. The molecule has 0 radical (unpaired) electrons. The van der Waals surface area contributed by atoms with Crippen LogP contribution in [0, 0.1) is 0 Å². The van der Waals surface area contributed by atoms with Crippen LogP contribution in [0.1, 0.15) is 18.1 Å². The lowest BCUT2D eigenvalue weighted by Gasteiger charge is -2.17. The maximum absolute atomic E-state index is 11.7. The van der Waals surface area contributed by atoms with E-state index in [-0.39, 0.29) is 12.7 Å². The van der Waals surface area contributed by atoms with E-state index in [9.17, 15) is 4.79 Å². The molecule has 0 spiro atoms. The van der Waals surface area contributed by atoms with Crippen LogP contribution in [0.3, 0.4) is 0 Å². The van der Waals surface area contributed by atoms with Crippen molar-refractivity contribution in [2.45, 2.75) is 6.92 Å².